The summed E-state index contributed by atoms with van der Waals surface area (Å²) in [5.41, 5.74) is 5.05. The number of nitrogens with zero attached hydrogens (tertiary/aromatic N) is 1. The van der Waals surface area contributed by atoms with E-state index < -0.39 is 11.9 Å². The predicted molar refractivity (Wildman–Crippen MR) is 122 cm³/mol. The summed E-state index contributed by atoms with van der Waals surface area (Å²) < 4.78 is 11.8. The first-order valence-electron chi connectivity index (χ1n) is 9.40. The van der Waals surface area contributed by atoms with Crippen molar-refractivity contribution in [2.75, 3.05) is 0 Å². The SMILES string of the molecule is Cc1ccc(C(=O)Oc2ccc(Br)cc2/C=N\NC(=O)c2cc3ccccc3o2)cc1. The fourth-order valence-corrected chi connectivity index (χ4v) is 3.25. The molecule has 31 heavy (non-hydrogen) atoms. The third-order valence-electron chi connectivity index (χ3n) is 4.48. The second-order valence-corrected chi connectivity index (χ2v) is 7.70. The van der Waals surface area contributed by atoms with Crippen LogP contribution in [0.1, 0.15) is 32.0 Å². The smallest absolute Gasteiger partial charge is 0.343 e. The van der Waals surface area contributed by atoms with E-state index in [1.54, 1.807) is 42.5 Å². The number of nitrogens with one attached hydrogen (secondary N) is 1. The van der Waals surface area contributed by atoms with Crippen LogP contribution in [0.15, 0.2) is 86.8 Å². The Hall–Kier alpha value is -3.71. The molecule has 0 saturated carbocycles. The molecule has 3 aromatic carbocycles. The van der Waals surface area contributed by atoms with E-state index in [4.69, 9.17) is 9.15 Å². The normalized spacial score (nSPS) is 11.0. The Morgan fingerprint density at radius 2 is 1.81 bits per heavy atom. The van der Waals surface area contributed by atoms with E-state index in [9.17, 15) is 9.59 Å². The molecular formula is C24H17BrN2O4. The molecule has 0 radical (unpaired) electrons. The lowest BCUT2D eigenvalue weighted by Gasteiger charge is -2.08. The molecule has 0 aliphatic rings. The fourth-order valence-electron chi connectivity index (χ4n) is 2.87. The van der Waals surface area contributed by atoms with Crippen molar-refractivity contribution in [2.45, 2.75) is 6.92 Å². The van der Waals surface area contributed by atoms with Gasteiger partial charge in [0.05, 0.1) is 11.8 Å². The highest BCUT2D eigenvalue weighted by molar-refractivity contribution is 9.10. The second-order valence-electron chi connectivity index (χ2n) is 6.79. The maximum atomic E-state index is 12.5. The number of aryl methyl sites for hydroxylation is 1. The summed E-state index contributed by atoms with van der Waals surface area (Å²) in [5.74, 6) is -0.502. The molecule has 7 heteroatoms. The van der Waals surface area contributed by atoms with Gasteiger partial charge in [-0.3, -0.25) is 4.79 Å². The molecular weight excluding hydrogens is 460 g/mol. The highest BCUT2D eigenvalue weighted by Crippen LogP contribution is 2.23. The van der Waals surface area contributed by atoms with Crippen molar-refractivity contribution in [3.05, 3.63) is 99.7 Å². The van der Waals surface area contributed by atoms with Gasteiger partial charge >= 0.3 is 11.9 Å². The van der Waals surface area contributed by atoms with Gasteiger partial charge < -0.3 is 9.15 Å². The van der Waals surface area contributed by atoms with Crippen molar-refractivity contribution < 1.29 is 18.7 Å². The maximum absolute atomic E-state index is 12.5. The van der Waals surface area contributed by atoms with Crippen LogP contribution in [0.4, 0.5) is 0 Å². The molecule has 0 saturated heterocycles. The van der Waals surface area contributed by atoms with Crippen molar-refractivity contribution in [3.8, 4) is 5.75 Å². The largest absolute Gasteiger partial charge is 0.451 e. The lowest BCUT2D eigenvalue weighted by Crippen LogP contribution is -2.17. The molecule has 1 heterocycles. The molecule has 0 atom stereocenters. The van der Waals surface area contributed by atoms with Gasteiger partial charge in [0.15, 0.2) is 5.76 Å². The van der Waals surface area contributed by atoms with Gasteiger partial charge in [-0.05, 0) is 49.4 Å². The number of halogens is 1. The van der Waals surface area contributed by atoms with Crippen LogP contribution in [-0.2, 0) is 0 Å². The minimum Gasteiger partial charge on any atom is -0.451 e. The molecule has 0 unspecified atom stereocenters. The number of furan rings is 1. The van der Waals surface area contributed by atoms with Gasteiger partial charge in [0, 0.05) is 15.4 Å². The number of hydrogen-bond donors (Lipinski definition) is 1. The third-order valence-corrected chi connectivity index (χ3v) is 4.97. The second kappa shape index (κ2) is 8.97. The molecule has 1 N–H and O–H groups in total. The van der Waals surface area contributed by atoms with Crippen LogP contribution in [-0.4, -0.2) is 18.1 Å². The van der Waals surface area contributed by atoms with Crippen LogP contribution in [0.5, 0.6) is 5.75 Å². The standard InChI is InChI=1S/C24H17BrN2O4/c1-15-6-8-16(9-7-15)24(29)31-21-11-10-19(25)12-18(21)14-26-27-23(28)22-13-17-4-2-3-5-20(17)30-22/h2-14H,1H3,(H,27,28)/b26-14-. The molecule has 0 aliphatic carbocycles. The summed E-state index contributed by atoms with van der Waals surface area (Å²) in [7, 11) is 0. The van der Waals surface area contributed by atoms with Crippen molar-refractivity contribution in [1.29, 1.82) is 0 Å². The first kappa shape index (κ1) is 20.6. The van der Waals surface area contributed by atoms with Gasteiger partial charge in [-0.15, -0.1) is 0 Å². The number of carbonyl (C=O) groups is 2. The van der Waals surface area contributed by atoms with E-state index >= 15 is 0 Å². The average Bonchev–Trinajstić information content (AvgIpc) is 3.20. The zero-order valence-corrected chi connectivity index (χ0v) is 18.0. The van der Waals surface area contributed by atoms with E-state index in [1.165, 1.54) is 6.21 Å². The van der Waals surface area contributed by atoms with E-state index in [0.29, 0.717) is 22.5 Å². The molecule has 0 bridgehead atoms. The number of fused-ring (bicyclic) bond motifs is 1. The van der Waals surface area contributed by atoms with Gasteiger partial charge in [0.1, 0.15) is 11.3 Å². The number of benzene rings is 3. The number of hydrogen-bond acceptors (Lipinski definition) is 5. The number of ether oxygens (including phenoxy) is 1. The third kappa shape index (κ3) is 4.90. The number of carbonyl (C=O) groups excluding carboxylic acids is 2. The molecule has 6 nitrogen and oxygen atoms in total. The molecule has 1 amide bonds. The lowest BCUT2D eigenvalue weighted by atomic mass is 10.1. The van der Waals surface area contributed by atoms with Gasteiger partial charge in [-0.1, -0.05) is 51.8 Å². The Kier molecular flexibility index (Phi) is 5.95. The number of rotatable bonds is 5. The number of para-hydroxylation sites is 1. The summed E-state index contributed by atoms with van der Waals surface area (Å²) >= 11 is 3.39. The molecule has 154 valence electrons. The van der Waals surface area contributed by atoms with E-state index in [-0.39, 0.29) is 5.76 Å². The Bertz CT molecular complexity index is 1260. The van der Waals surface area contributed by atoms with Crippen LogP contribution in [0.3, 0.4) is 0 Å². The molecule has 0 spiro atoms. The Balaban J connectivity index is 1.49. The van der Waals surface area contributed by atoms with Crippen molar-refractivity contribution in [2.24, 2.45) is 5.10 Å². The minimum atomic E-state index is -0.486. The van der Waals surface area contributed by atoms with Gasteiger partial charge in [0.25, 0.3) is 0 Å². The lowest BCUT2D eigenvalue weighted by molar-refractivity contribution is 0.0734. The average molecular weight is 477 g/mol. The number of esters is 1. The van der Waals surface area contributed by atoms with Crippen molar-refractivity contribution in [3.63, 3.8) is 0 Å². The summed E-state index contributed by atoms with van der Waals surface area (Å²) in [6.07, 6.45) is 1.41. The maximum Gasteiger partial charge on any atom is 0.343 e. The van der Waals surface area contributed by atoms with Gasteiger partial charge in [0.2, 0.25) is 0 Å². The Labute approximate surface area is 186 Å². The Morgan fingerprint density at radius 1 is 1.03 bits per heavy atom. The van der Waals surface area contributed by atoms with Crippen molar-refractivity contribution >= 4 is 45.0 Å². The Morgan fingerprint density at radius 3 is 2.58 bits per heavy atom. The highest BCUT2D eigenvalue weighted by Gasteiger charge is 2.13. The zero-order chi connectivity index (χ0) is 21.8. The summed E-state index contributed by atoms with van der Waals surface area (Å²) in [4.78, 5) is 24.8. The predicted octanol–water partition coefficient (Wildman–Crippen LogP) is 5.49. The molecule has 0 fully saturated rings. The summed E-state index contributed by atoms with van der Waals surface area (Å²) in [5, 5.41) is 4.81. The highest BCUT2D eigenvalue weighted by atomic mass is 79.9. The van der Waals surface area contributed by atoms with Crippen LogP contribution in [0.2, 0.25) is 0 Å². The number of amides is 1. The molecule has 1 aromatic heterocycles. The zero-order valence-electron chi connectivity index (χ0n) is 16.5. The first-order chi connectivity index (χ1) is 15.0. The molecule has 4 rings (SSSR count). The fraction of sp³-hybridized carbons (Fsp3) is 0.0417. The van der Waals surface area contributed by atoms with Crippen LogP contribution in [0.25, 0.3) is 11.0 Å². The van der Waals surface area contributed by atoms with Crippen LogP contribution >= 0.6 is 15.9 Å². The topological polar surface area (TPSA) is 80.9 Å². The van der Waals surface area contributed by atoms with Crippen molar-refractivity contribution in [1.82, 2.24) is 5.43 Å². The first-order valence-corrected chi connectivity index (χ1v) is 10.2. The van der Waals surface area contributed by atoms with Gasteiger partial charge in [-0.25, -0.2) is 10.2 Å². The van der Waals surface area contributed by atoms with Crippen LogP contribution in [0, 0.1) is 6.92 Å². The quantitative estimate of drug-likeness (QED) is 0.179. The molecule has 0 aliphatic heterocycles. The van der Waals surface area contributed by atoms with Gasteiger partial charge in [-0.2, -0.15) is 5.10 Å². The van der Waals surface area contributed by atoms with E-state index in [0.717, 1.165) is 15.4 Å². The summed E-state index contributed by atoms with van der Waals surface area (Å²) in [6, 6.07) is 21.2. The number of hydrazone groups is 1. The van der Waals surface area contributed by atoms with E-state index in [2.05, 4.69) is 26.5 Å². The minimum absolute atomic E-state index is 0.151. The van der Waals surface area contributed by atoms with Crippen LogP contribution < -0.4 is 10.2 Å². The van der Waals surface area contributed by atoms with E-state index in [1.807, 2.05) is 37.3 Å². The summed E-state index contributed by atoms with van der Waals surface area (Å²) in [6.45, 7) is 1.94. The molecule has 4 aromatic rings. The monoisotopic (exact) mass is 476 g/mol.